The molecule has 2 rings (SSSR count). The monoisotopic (exact) mass is 639 g/mol. The predicted octanol–water partition coefficient (Wildman–Crippen LogP) is 8.31. The van der Waals surface area contributed by atoms with Gasteiger partial charge in [0, 0.05) is 32.2 Å². The molecule has 31 heavy (non-hydrogen) atoms. The minimum absolute atomic E-state index is 0.366. The van der Waals surface area contributed by atoms with Crippen LogP contribution in [0, 0.1) is 14.4 Å². The summed E-state index contributed by atoms with van der Waals surface area (Å²) >= 11 is 4.39. The van der Waals surface area contributed by atoms with Gasteiger partial charge in [0.15, 0.2) is 0 Å². The molecule has 2 N–H and O–H groups in total. The van der Waals surface area contributed by atoms with Gasteiger partial charge in [-0.05, 0) is 65.1 Å². The summed E-state index contributed by atoms with van der Waals surface area (Å²) in [6.07, 6.45) is 9.12. The van der Waals surface area contributed by atoms with Crippen LogP contribution in [0.1, 0.15) is 39.0 Å². The van der Waals surface area contributed by atoms with Crippen molar-refractivity contribution in [1.82, 2.24) is 4.98 Å². The van der Waals surface area contributed by atoms with Crippen LogP contribution in [-0.4, -0.2) is 21.3 Å². The van der Waals surface area contributed by atoms with Crippen molar-refractivity contribution in [2.24, 2.45) is 0 Å². The van der Waals surface area contributed by atoms with Gasteiger partial charge in [0.05, 0.1) is 11.4 Å². The van der Waals surface area contributed by atoms with Gasteiger partial charge in [0.25, 0.3) is 0 Å². The van der Waals surface area contributed by atoms with Crippen molar-refractivity contribution in [2.75, 3.05) is 4.93 Å². The predicted molar refractivity (Wildman–Crippen MR) is 155 cm³/mol. The highest BCUT2D eigenvalue weighted by Gasteiger charge is 2.21. The fourth-order valence-electron chi connectivity index (χ4n) is 2.73. The Morgan fingerprint density at radius 1 is 1.03 bits per heavy atom. The molecule has 0 spiro atoms. The number of hydrogen-bond acceptors (Lipinski definition) is 3. The van der Waals surface area contributed by atoms with Crippen LogP contribution in [0.5, 0.6) is 0 Å². The van der Waals surface area contributed by atoms with E-state index in [2.05, 4.69) is 56.7 Å². The number of benzene rings is 1. The van der Waals surface area contributed by atoms with Crippen molar-refractivity contribution < 1.29 is 0 Å². The number of hydrogen-bond donors (Lipinski definition) is 2. The molecule has 3 nitrogen and oxygen atoms in total. The largest absolute Gasteiger partial charge is 0.305 e. The fourth-order valence-corrected chi connectivity index (χ4v) is 3.38. The molecule has 0 radical (unpaired) electrons. The minimum atomic E-state index is 0.366. The Balaban J connectivity index is 0.00000212. The first-order valence-electron chi connectivity index (χ1n) is 9.89. The second-order valence-corrected chi connectivity index (χ2v) is 6.95. The van der Waals surface area contributed by atoms with Crippen molar-refractivity contribution in [2.45, 2.75) is 27.7 Å². The van der Waals surface area contributed by atoms with Crippen molar-refractivity contribution in [3.63, 3.8) is 0 Å². The van der Waals surface area contributed by atoms with E-state index in [1.54, 1.807) is 19.2 Å². The van der Waals surface area contributed by atoms with Gasteiger partial charge in [-0.15, -0.1) is 0 Å². The molecule has 1 aromatic carbocycles. The average molecular weight is 639 g/mol. The Morgan fingerprint density at radius 3 is 2.13 bits per heavy atom. The molecule has 2 aromatic rings. The van der Waals surface area contributed by atoms with Crippen LogP contribution < -0.4 is 0 Å². The number of rotatable bonds is 7. The molecule has 0 aliphatic rings. The molecular weight excluding hydrogens is 608 g/mol. The van der Waals surface area contributed by atoms with Gasteiger partial charge in [-0.25, -0.2) is 0 Å². The molecule has 0 fully saturated rings. The van der Waals surface area contributed by atoms with Crippen molar-refractivity contribution >= 4 is 62.2 Å². The van der Waals surface area contributed by atoms with E-state index in [4.69, 9.17) is 10.8 Å². The van der Waals surface area contributed by atoms with Gasteiger partial charge in [0.1, 0.15) is 0 Å². The lowest BCUT2D eigenvalue weighted by atomic mass is 9.87. The van der Waals surface area contributed by atoms with Gasteiger partial charge >= 0.3 is 0 Å². The molecule has 5 heteroatoms. The quantitative estimate of drug-likeness (QED) is 0.136. The highest BCUT2D eigenvalue weighted by molar-refractivity contribution is 14.1. The number of alkyl halides is 1. The summed E-state index contributed by atoms with van der Waals surface area (Å²) in [5.74, 6) is 0. The van der Waals surface area contributed by atoms with Crippen LogP contribution in [0.2, 0.25) is 0 Å². The zero-order valence-electron chi connectivity index (χ0n) is 18.8. The summed E-state index contributed by atoms with van der Waals surface area (Å²) in [5.41, 5.74) is 4.44. The first kappa shape index (κ1) is 29.1. The van der Waals surface area contributed by atoms with Crippen LogP contribution >= 0.6 is 45.2 Å². The molecule has 0 aliphatic heterocycles. The molecule has 0 bridgehead atoms. The molecule has 164 valence electrons. The molecule has 0 saturated carbocycles. The Kier molecular flexibility index (Phi) is 15.8. The van der Waals surface area contributed by atoms with Crippen LogP contribution in [0.4, 0.5) is 0 Å². The summed E-state index contributed by atoms with van der Waals surface area (Å²) in [6.45, 7) is 11.4. The van der Waals surface area contributed by atoms with E-state index in [1.165, 1.54) is 0 Å². The standard InChI is InChI=1S/C23H22IN3.C2H6.CH3I/c1-4-6-11-17(5-2)22(23(26)18-12-7-8-13-19(18)24)21(16(3)25)20-14-9-10-15-27-20;2*1-2/h4-15,25-26H,1H2,2-3H3;1-2H3;1H3/b11-6-,17-5+,22-21+,25-16?,26-23?;;. The summed E-state index contributed by atoms with van der Waals surface area (Å²) in [6, 6.07) is 13.4. The topological polar surface area (TPSA) is 60.6 Å². The molecule has 1 heterocycles. The number of aromatic nitrogens is 1. The van der Waals surface area contributed by atoms with E-state index in [0.29, 0.717) is 28.3 Å². The van der Waals surface area contributed by atoms with Crippen LogP contribution in [-0.2, 0) is 0 Å². The van der Waals surface area contributed by atoms with Crippen LogP contribution in [0.15, 0.2) is 90.7 Å². The maximum absolute atomic E-state index is 8.98. The third kappa shape index (κ3) is 8.65. The van der Waals surface area contributed by atoms with Gasteiger partial charge in [-0.1, -0.05) is 91.6 Å². The lowest BCUT2D eigenvalue weighted by Gasteiger charge is -2.18. The van der Waals surface area contributed by atoms with Crippen LogP contribution in [0.25, 0.3) is 5.57 Å². The number of nitrogens with one attached hydrogen (secondary N) is 2. The van der Waals surface area contributed by atoms with Crippen molar-refractivity contribution in [1.29, 1.82) is 10.8 Å². The fraction of sp³-hybridized carbons (Fsp3) is 0.192. The van der Waals surface area contributed by atoms with E-state index in [9.17, 15) is 0 Å². The summed E-state index contributed by atoms with van der Waals surface area (Å²) in [5, 5.41) is 17.4. The molecule has 0 atom stereocenters. The summed E-state index contributed by atoms with van der Waals surface area (Å²) in [4.78, 5) is 6.42. The van der Waals surface area contributed by atoms with Gasteiger partial charge < -0.3 is 5.41 Å². The van der Waals surface area contributed by atoms with Gasteiger partial charge in [0.2, 0.25) is 0 Å². The van der Waals surface area contributed by atoms with E-state index in [0.717, 1.165) is 14.7 Å². The normalized spacial score (nSPS) is 11.4. The Bertz CT molecular complexity index is 956. The maximum Gasteiger partial charge on any atom is 0.0726 e. The second kappa shape index (κ2) is 16.8. The zero-order valence-corrected chi connectivity index (χ0v) is 23.2. The Labute approximate surface area is 214 Å². The highest BCUT2D eigenvalue weighted by Crippen LogP contribution is 2.29. The highest BCUT2D eigenvalue weighted by atomic mass is 127. The molecule has 0 aliphatic carbocycles. The molecule has 1 aromatic heterocycles. The summed E-state index contributed by atoms with van der Waals surface area (Å²) < 4.78 is 0.990. The number of halogens is 2. The van der Waals surface area contributed by atoms with Gasteiger partial charge in [-0.3, -0.25) is 10.4 Å². The smallest absolute Gasteiger partial charge is 0.0726 e. The molecule has 0 saturated heterocycles. The average Bonchev–Trinajstić information content (AvgIpc) is 2.81. The lowest BCUT2D eigenvalue weighted by Crippen LogP contribution is -2.13. The SMILES string of the molecule is C=C\C=C/C(=C\C)C(/C(=N)c1ccccc1I)=C(/C(C)=N)c1ccccn1.CC.CI. The third-order valence-corrected chi connectivity index (χ3v) is 4.89. The molecule has 0 unspecified atom stereocenters. The number of pyridine rings is 1. The summed E-state index contributed by atoms with van der Waals surface area (Å²) in [7, 11) is 0. The lowest BCUT2D eigenvalue weighted by molar-refractivity contribution is 1.27. The van der Waals surface area contributed by atoms with Crippen LogP contribution in [0.3, 0.4) is 0 Å². The number of nitrogens with zero attached hydrogens (tertiary/aromatic N) is 1. The Morgan fingerprint density at radius 2 is 1.65 bits per heavy atom. The van der Waals surface area contributed by atoms with E-state index in [-0.39, 0.29) is 0 Å². The first-order chi connectivity index (χ1) is 15.0. The minimum Gasteiger partial charge on any atom is -0.305 e. The van der Waals surface area contributed by atoms with Crippen molar-refractivity contribution in [3.05, 3.63) is 106 Å². The molecule has 0 amide bonds. The molecular formula is C26H31I2N3. The second-order valence-electron chi connectivity index (χ2n) is 5.78. The first-order valence-corrected chi connectivity index (χ1v) is 13.1. The Hall–Kier alpha value is -1.87. The zero-order chi connectivity index (χ0) is 23.8. The maximum atomic E-state index is 8.98. The van der Waals surface area contributed by atoms with E-state index in [1.807, 2.05) is 86.4 Å². The van der Waals surface area contributed by atoms with Crippen molar-refractivity contribution in [3.8, 4) is 0 Å². The van der Waals surface area contributed by atoms with E-state index >= 15 is 0 Å². The number of allylic oxidation sites excluding steroid dienone is 7. The van der Waals surface area contributed by atoms with E-state index < -0.39 is 0 Å². The van der Waals surface area contributed by atoms with Gasteiger partial charge in [-0.2, -0.15) is 0 Å². The third-order valence-electron chi connectivity index (χ3n) is 3.95.